The summed E-state index contributed by atoms with van der Waals surface area (Å²) in [5, 5.41) is 99.3. The van der Waals surface area contributed by atoms with E-state index in [0.717, 1.165) is 21.6 Å². The van der Waals surface area contributed by atoms with Crippen LogP contribution >= 0.6 is 21.6 Å². The van der Waals surface area contributed by atoms with Crippen LogP contribution in [0.3, 0.4) is 0 Å². The molecular formula is C65H89LuN14O18S2-3. The molecule has 15 N–H and O–H groups in total. The fraction of sp³-hybridized carbons (Fsp3) is 0.523. The van der Waals surface area contributed by atoms with Crippen molar-refractivity contribution in [3.05, 3.63) is 102 Å². The Morgan fingerprint density at radius 3 is 1.68 bits per heavy atom. The van der Waals surface area contributed by atoms with Gasteiger partial charge in [-0.3, -0.25) is 58.0 Å². The zero-order valence-corrected chi connectivity index (χ0v) is 58.6. The van der Waals surface area contributed by atoms with Crippen LogP contribution in [-0.2, 0) is 72.0 Å². The Morgan fingerprint density at radius 2 is 1.13 bits per heavy atom. The number of benzene rings is 3. The van der Waals surface area contributed by atoms with Gasteiger partial charge in [-0.15, -0.1) is 0 Å². The van der Waals surface area contributed by atoms with E-state index in [2.05, 4.69) is 47.5 Å². The van der Waals surface area contributed by atoms with Crippen LogP contribution in [0.15, 0.2) is 85.1 Å². The van der Waals surface area contributed by atoms with E-state index in [4.69, 9.17) is 5.73 Å². The van der Waals surface area contributed by atoms with E-state index in [1.165, 1.54) is 52.8 Å². The van der Waals surface area contributed by atoms with Crippen LogP contribution in [0.4, 0.5) is 0 Å². The standard InChI is InChI=1S/C65H92N14O18S2.Lu/c1-39(81)51(36-80)72-64(96)53-38-99-98-37-52(73-60(92)48(28-41-10-4-3-5-11-41)68-54(84)32-76-20-22-77(33-55(85)86)24-26-79(35-57(89)90)27-25-78(23-21-76)34-56(87)88)63(95)70-49(29-42-15-17-44(83)18-16-42)61(93)71-50(30-43-31-67-46-13-7-6-12-45(43)46)62(94)69-47(14-8-9-19-66)59(91)75-58(40(2)82)65(97)74-53;/h3-7,10-13,15-18,31,39-40,47-53,58,67,80-83H,8-9,14,19-30,32-38,66H2,1-2H3,(H,68,84)(H,69,94)(H,70,95)(H,71,93)(H,72,96)(H,73,92)(H,74,97)(H,75,91)(H,85,86)(H,87,88)(H,89,90);/p-3/t39-,40?,47?,48?,49?,50?,51-,52?,53?,58?;/m1./s1/i;1+2. The quantitative estimate of drug-likeness (QED) is 0.0205. The van der Waals surface area contributed by atoms with Crippen LogP contribution in [0.1, 0.15) is 49.8 Å². The number of amides is 8. The summed E-state index contributed by atoms with van der Waals surface area (Å²) in [5.41, 5.74) is 8.01. The third-order valence-electron chi connectivity index (χ3n) is 16.6. The van der Waals surface area contributed by atoms with Crippen LogP contribution in [0, 0.1) is 36.9 Å². The second-order valence-corrected chi connectivity index (χ2v) is 26.9. The number of carboxylic acid groups (broad SMARTS) is 3. The molecular weight excluding hydrogens is 1510 g/mol. The van der Waals surface area contributed by atoms with E-state index in [1.807, 2.05) is 0 Å². The van der Waals surface area contributed by atoms with Gasteiger partial charge < -0.3 is 103 Å². The molecule has 32 nitrogen and oxygen atoms in total. The van der Waals surface area contributed by atoms with E-state index in [9.17, 15) is 74.1 Å². The monoisotopic (exact) mass is 1590 g/mol. The minimum Gasteiger partial charge on any atom is -0.549 e. The Morgan fingerprint density at radius 1 is 0.610 bits per heavy atom. The van der Waals surface area contributed by atoms with Crippen molar-refractivity contribution in [1.82, 2.24) is 67.1 Å². The molecule has 0 bridgehead atoms. The molecule has 2 saturated heterocycles. The van der Waals surface area contributed by atoms with E-state index in [1.54, 1.807) is 65.7 Å². The van der Waals surface area contributed by atoms with Gasteiger partial charge in [0.25, 0.3) is 0 Å². The number of nitrogens with one attached hydrogen (secondary N) is 9. The average molecular weight is 1600 g/mol. The third-order valence-corrected chi connectivity index (χ3v) is 19.0. The van der Waals surface area contributed by atoms with Crippen molar-refractivity contribution < 1.29 is 125 Å². The number of aliphatic carboxylic acids is 3. The molecule has 1 radical (unpaired) electrons. The number of aromatic hydroxyl groups is 1. The van der Waals surface area contributed by atoms with Crippen molar-refractivity contribution >= 4 is 97.7 Å². The number of nitrogens with two attached hydrogens (primary N) is 1. The maximum Gasteiger partial charge on any atom is 0.245 e. The number of nitrogens with zero attached hydrogens (tertiary/aromatic N) is 4. The molecule has 0 aliphatic carbocycles. The SMILES string of the molecule is CC(O)C1NC(=O)C(CCCCN)NC(=O)C(Cc2c[nH]c3ccccc23)NC(=O)C(Cc2ccc(O)cc2)NC(=O)C(NC(=O)C(Cc2ccccc2)NC(=O)CN2CCN(CC(=O)[O-])CCN(CC(=O)[O-])CCN(CC(=O)[O-])CC2)CSSCC(C(=O)N[C@H](CO)[C@@H](C)O)NC1=O.[177Lu]. The normalized spacial score (nSPS) is 21.8. The summed E-state index contributed by atoms with van der Waals surface area (Å²) < 4.78 is 0. The molecule has 8 unspecified atom stereocenters. The van der Waals surface area contributed by atoms with Crippen molar-refractivity contribution in [2.24, 2.45) is 5.73 Å². The third kappa shape index (κ3) is 28.3. The fourth-order valence-corrected chi connectivity index (χ4v) is 13.4. The molecule has 0 spiro atoms. The number of phenols is 1. The molecule has 2 aliphatic heterocycles. The van der Waals surface area contributed by atoms with Crippen LogP contribution < -0.4 is 63.6 Å². The van der Waals surface area contributed by atoms with Crippen LogP contribution in [-0.4, -0.2) is 274 Å². The molecule has 0 saturated carbocycles. The number of para-hydroxylation sites is 1. The first-order valence-corrected chi connectivity index (χ1v) is 35.0. The summed E-state index contributed by atoms with van der Waals surface area (Å²) >= 11 is 0. The van der Waals surface area contributed by atoms with Crippen LogP contribution in [0.5, 0.6) is 5.75 Å². The first-order chi connectivity index (χ1) is 47.3. The number of carbonyl (C=O) groups excluding carboxylic acids is 11. The molecule has 3 heterocycles. The second kappa shape index (κ2) is 42.9. The fourth-order valence-electron chi connectivity index (χ4n) is 11.0. The summed E-state index contributed by atoms with van der Waals surface area (Å²) in [6.45, 7) is 0.0360. The minimum absolute atomic E-state index is 0. The first-order valence-electron chi connectivity index (χ1n) is 32.5. The molecule has 6 rings (SSSR count). The predicted molar refractivity (Wildman–Crippen MR) is 358 cm³/mol. The zero-order chi connectivity index (χ0) is 72.1. The number of carbonyl (C=O) groups is 11. The number of hydrogen-bond donors (Lipinski definition) is 14. The number of aliphatic hydroxyl groups is 3. The summed E-state index contributed by atoms with van der Waals surface area (Å²) in [6.07, 6.45) is -1.38. The largest absolute Gasteiger partial charge is 0.549 e. The molecule has 1 aromatic heterocycles. The van der Waals surface area contributed by atoms with Crippen LogP contribution in [0.25, 0.3) is 10.9 Å². The number of aromatic amines is 1. The summed E-state index contributed by atoms with van der Waals surface area (Å²) in [4.78, 5) is 163. The van der Waals surface area contributed by atoms with Gasteiger partial charge in [0.1, 0.15) is 48.0 Å². The Bertz CT molecular complexity index is 3330. The molecule has 557 valence electrons. The molecule has 2 aliphatic rings. The molecule has 2 fully saturated rings. The van der Waals surface area contributed by atoms with Crippen molar-refractivity contribution in [2.75, 3.05) is 103 Å². The zero-order valence-electron chi connectivity index (χ0n) is 55.4. The molecule has 4 aromatic rings. The number of H-pyrrole nitrogens is 1. The predicted octanol–water partition coefficient (Wildman–Crippen LogP) is -7.47. The Hall–Kier alpha value is -7.22. The van der Waals surface area contributed by atoms with Gasteiger partial charge in [0, 0.05) is 157 Å². The smallest absolute Gasteiger partial charge is 0.245 e. The maximum atomic E-state index is 15.3. The number of aliphatic hydroxyl groups excluding tert-OH is 3. The number of unbranched alkanes of at least 4 members (excludes halogenated alkanes) is 1. The van der Waals surface area contributed by atoms with Gasteiger partial charge in [-0.2, -0.15) is 0 Å². The number of aromatic nitrogens is 1. The van der Waals surface area contributed by atoms with E-state index < -0.39 is 158 Å². The molecule has 100 heavy (non-hydrogen) atoms. The van der Waals surface area contributed by atoms with Gasteiger partial charge in [0.2, 0.25) is 47.3 Å². The Balaban J connectivity index is 0.0000180. The maximum absolute atomic E-state index is 15.3. The Labute approximate surface area is 615 Å². The number of carboxylic acids is 3. The van der Waals surface area contributed by atoms with Gasteiger partial charge in [-0.25, -0.2) is 0 Å². The number of rotatable bonds is 26. The number of phenolic OH excluding ortho intramolecular Hbond substituents is 1. The molecule has 8 amide bonds. The summed E-state index contributed by atoms with van der Waals surface area (Å²) in [7, 11) is 1.79. The topological polar surface area (TPSA) is 489 Å². The molecule has 35 heteroatoms. The van der Waals surface area contributed by atoms with Crippen LogP contribution in [0.2, 0.25) is 0 Å². The summed E-state index contributed by atoms with van der Waals surface area (Å²) in [6, 6.07) is 9.03. The minimum atomic E-state index is -1.78. The van der Waals surface area contributed by atoms with Gasteiger partial charge >= 0.3 is 0 Å². The van der Waals surface area contributed by atoms with Gasteiger partial charge in [0.05, 0.1) is 49.3 Å². The van der Waals surface area contributed by atoms with E-state index in [-0.39, 0.29) is 145 Å². The van der Waals surface area contributed by atoms with Crippen molar-refractivity contribution in [3.8, 4) is 5.75 Å². The van der Waals surface area contributed by atoms with Gasteiger partial charge in [-0.05, 0) is 74.5 Å². The van der Waals surface area contributed by atoms with Gasteiger partial charge in [-0.1, -0.05) is 82.3 Å². The molecule has 3 aromatic carbocycles. The number of hydrogen-bond acceptors (Lipinski definition) is 25. The average Bonchev–Trinajstić information content (AvgIpc) is 1.62. The van der Waals surface area contributed by atoms with Crippen molar-refractivity contribution in [2.45, 2.75) is 113 Å². The molecule has 10 atom stereocenters. The Kier molecular flexibility index (Phi) is 35.8. The first kappa shape index (κ1) is 83.4. The van der Waals surface area contributed by atoms with Gasteiger partial charge in [0.15, 0.2) is 0 Å². The van der Waals surface area contributed by atoms with E-state index in [0.29, 0.717) is 34.0 Å². The van der Waals surface area contributed by atoms with Crippen molar-refractivity contribution in [1.29, 1.82) is 0 Å². The number of fused-ring (bicyclic) bond motifs is 1. The summed E-state index contributed by atoms with van der Waals surface area (Å²) in [5.74, 6) is -12.6. The van der Waals surface area contributed by atoms with Crippen molar-refractivity contribution in [3.63, 3.8) is 0 Å². The second-order valence-electron chi connectivity index (χ2n) is 24.4. The van der Waals surface area contributed by atoms with E-state index >= 15 is 14.4 Å².